The molecule has 9 heteroatoms. The van der Waals surface area contributed by atoms with Gasteiger partial charge < -0.3 is 15.2 Å². The molecule has 0 aliphatic carbocycles. The van der Waals surface area contributed by atoms with Crippen LogP contribution in [0.1, 0.15) is 6.92 Å². The molecule has 2 heterocycles. The number of carbonyl (C=O) groups excluding carboxylic acids is 1. The highest BCUT2D eigenvalue weighted by Gasteiger charge is 2.10. The Hall–Kier alpha value is -3.54. The van der Waals surface area contributed by atoms with Gasteiger partial charge in [-0.15, -0.1) is 0 Å². The molecule has 0 atom stereocenters. The second kappa shape index (κ2) is 9.08. The molecule has 154 valence electrons. The highest BCUT2D eigenvalue weighted by atomic mass is 35.5. The molecule has 2 aromatic heterocycles. The van der Waals surface area contributed by atoms with E-state index in [1.54, 1.807) is 25.3 Å². The van der Waals surface area contributed by atoms with Crippen LogP contribution >= 0.6 is 23.4 Å². The Morgan fingerprint density at radius 3 is 2.71 bits per heavy atom. The lowest BCUT2D eigenvalue weighted by Gasteiger charge is -2.11. The van der Waals surface area contributed by atoms with Crippen LogP contribution < -0.4 is 10.6 Å². The quantitative estimate of drug-likeness (QED) is 0.423. The number of aryl methyl sites for hydroxylation is 1. The molecule has 0 spiro atoms. The number of benzene rings is 2. The number of rotatable bonds is 5. The van der Waals surface area contributed by atoms with E-state index in [1.165, 1.54) is 18.1 Å². The maximum Gasteiger partial charge on any atom is 0.300 e. The average molecular weight is 449 g/mol. The maximum atomic E-state index is 11.8. The molecule has 0 fully saturated rings. The van der Waals surface area contributed by atoms with Crippen LogP contribution in [0.2, 0.25) is 5.02 Å². The van der Waals surface area contributed by atoms with Crippen LogP contribution in [-0.2, 0) is 11.8 Å². The van der Waals surface area contributed by atoms with E-state index in [4.69, 9.17) is 11.6 Å². The zero-order valence-electron chi connectivity index (χ0n) is 16.7. The average Bonchev–Trinajstić information content (AvgIpc) is 3.15. The number of hydrogen-bond acceptors (Lipinski definition) is 6. The molecule has 0 saturated heterocycles. The van der Waals surface area contributed by atoms with Crippen molar-refractivity contribution in [2.45, 2.75) is 17.0 Å². The number of nitrogens with one attached hydrogen (secondary N) is 2. The molecule has 2 N–H and O–H groups in total. The van der Waals surface area contributed by atoms with Crippen molar-refractivity contribution in [2.75, 3.05) is 10.6 Å². The fraction of sp³-hybridized carbons (Fsp3) is 0.0909. The summed E-state index contributed by atoms with van der Waals surface area (Å²) in [6.45, 7) is 1.61. The van der Waals surface area contributed by atoms with Gasteiger partial charge in [0.05, 0.1) is 10.5 Å². The number of imidazole rings is 1. The van der Waals surface area contributed by atoms with Crippen LogP contribution in [0.15, 0.2) is 65.2 Å². The molecule has 0 radical (unpaired) electrons. The van der Waals surface area contributed by atoms with Gasteiger partial charge in [-0.05, 0) is 49.2 Å². The van der Waals surface area contributed by atoms with Gasteiger partial charge >= 0.3 is 0 Å². The van der Waals surface area contributed by atoms with Gasteiger partial charge in [0.2, 0.25) is 0 Å². The summed E-state index contributed by atoms with van der Waals surface area (Å²) in [6, 6.07) is 11.1. The fourth-order valence-electron chi connectivity index (χ4n) is 2.86. The first-order valence-electron chi connectivity index (χ1n) is 9.24. The van der Waals surface area contributed by atoms with Gasteiger partial charge in [0.15, 0.2) is 5.16 Å². The third-order valence-corrected chi connectivity index (χ3v) is 5.88. The maximum absolute atomic E-state index is 11.8. The monoisotopic (exact) mass is 448 g/mol. The number of amides is 1. The van der Waals surface area contributed by atoms with Crippen LogP contribution in [0, 0.1) is 11.8 Å². The van der Waals surface area contributed by atoms with Crippen LogP contribution in [0.5, 0.6) is 0 Å². The number of nitrogens with zero attached hydrogens (tertiary/aromatic N) is 4. The molecular formula is C22H17ClN6OS. The number of hydrogen-bond donors (Lipinski definition) is 2. The molecule has 0 unspecified atom stereocenters. The number of anilines is 3. The van der Waals surface area contributed by atoms with Gasteiger partial charge in [-0.2, -0.15) is 0 Å². The highest BCUT2D eigenvalue weighted by Crippen LogP contribution is 2.35. The first-order chi connectivity index (χ1) is 15.0. The van der Waals surface area contributed by atoms with Crippen LogP contribution in [0.4, 0.5) is 17.2 Å². The second-order valence-electron chi connectivity index (χ2n) is 6.48. The van der Waals surface area contributed by atoms with Crippen LogP contribution in [-0.4, -0.2) is 25.4 Å². The summed E-state index contributed by atoms with van der Waals surface area (Å²) >= 11 is 8.00. The van der Waals surface area contributed by atoms with Gasteiger partial charge in [-0.1, -0.05) is 29.3 Å². The van der Waals surface area contributed by atoms with Crippen molar-refractivity contribution < 1.29 is 4.79 Å². The van der Waals surface area contributed by atoms with Crippen molar-refractivity contribution in [3.63, 3.8) is 0 Å². The third-order valence-electron chi connectivity index (χ3n) is 4.30. The van der Waals surface area contributed by atoms with E-state index >= 15 is 0 Å². The van der Waals surface area contributed by atoms with Gasteiger partial charge in [-0.25, -0.2) is 15.0 Å². The Kier molecular flexibility index (Phi) is 6.07. The summed E-state index contributed by atoms with van der Waals surface area (Å²) < 4.78 is 1.93. The van der Waals surface area contributed by atoms with Gasteiger partial charge in [0.25, 0.3) is 5.91 Å². The Morgan fingerprint density at radius 1 is 1.13 bits per heavy atom. The molecule has 1 amide bonds. The van der Waals surface area contributed by atoms with Crippen LogP contribution in [0.3, 0.4) is 0 Å². The molecule has 4 rings (SSSR count). The van der Waals surface area contributed by atoms with Crippen molar-refractivity contribution >= 4 is 57.4 Å². The molecule has 0 aliphatic rings. The van der Waals surface area contributed by atoms with Gasteiger partial charge in [0, 0.05) is 41.1 Å². The summed E-state index contributed by atoms with van der Waals surface area (Å²) in [7, 11) is 1.94. The van der Waals surface area contributed by atoms with E-state index in [-0.39, 0.29) is 5.91 Å². The molecule has 2 aromatic carbocycles. The van der Waals surface area contributed by atoms with Crippen molar-refractivity contribution in [1.29, 1.82) is 0 Å². The molecule has 4 aromatic rings. The highest BCUT2D eigenvalue weighted by molar-refractivity contribution is 7.99. The lowest BCUT2D eigenvalue weighted by molar-refractivity contribution is -0.111. The molecule has 0 aliphatic heterocycles. The smallest absolute Gasteiger partial charge is 0.300 e. The lowest BCUT2D eigenvalue weighted by Crippen LogP contribution is -2.08. The van der Waals surface area contributed by atoms with Crippen molar-refractivity contribution in [3.8, 4) is 11.8 Å². The van der Waals surface area contributed by atoms with E-state index in [0.717, 1.165) is 26.6 Å². The molecule has 0 saturated carbocycles. The minimum atomic E-state index is -0.374. The molecule has 7 nitrogen and oxygen atoms in total. The summed E-state index contributed by atoms with van der Waals surface area (Å²) in [6.07, 6.45) is 5.12. The fourth-order valence-corrected chi connectivity index (χ4v) is 3.96. The Labute approximate surface area is 188 Å². The zero-order chi connectivity index (χ0) is 21.8. The molecule has 31 heavy (non-hydrogen) atoms. The predicted molar refractivity (Wildman–Crippen MR) is 124 cm³/mol. The standard InChI is InChI=1S/C22H17ClN6OS/c1-3-4-20(30)27-14-5-7-18-16(11-14)21(26-13-25-18)28-15-6-8-19(17(23)12-15)31-22-24-9-10-29(22)2/h5-13H,1-2H3,(H,27,30)(H,25,26,28). The molecular weight excluding hydrogens is 432 g/mol. The summed E-state index contributed by atoms with van der Waals surface area (Å²) in [5.74, 6) is 5.26. The number of fused-ring (bicyclic) bond motifs is 1. The number of carbonyl (C=O) groups is 1. The zero-order valence-corrected chi connectivity index (χ0v) is 18.3. The Bertz CT molecular complexity index is 1340. The lowest BCUT2D eigenvalue weighted by atomic mass is 10.2. The topological polar surface area (TPSA) is 84.7 Å². The number of aromatic nitrogens is 4. The van der Waals surface area contributed by atoms with Gasteiger partial charge in [-0.3, -0.25) is 4.79 Å². The third kappa shape index (κ3) is 4.79. The Balaban J connectivity index is 1.60. The second-order valence-corrected chi connectivity index (χ2v) is 7.89. The van der Waals surface area contributed by atoms with E-state index in [1.807, 2.05) is 42.1 Å². The molecule has 0 bridgehead atoms. The number of halogens is 1. The first-order valence-corrected chi connectivity index (χ1v) is 10.4. The van der Waals surface area contributed by atoms with Crippen LogP contribution in [0.25, 0.3) is 10.9 Å². The van der Waals surface area contributed by atoms with E-state index in [0.29, 0.717) is 16.5 Å². The summed E-state index contributed by atoms with van der Waals surface area (Å²) in [4.78, 5) is 25.6. The normalized spacial score (nSPS) is 10.4. The van der Waals surface area contributed by atoms with E-state index in [9.17, 15) is 4.79 Å². The van der Waals surface area contributed by atoms with Crippen molar-refractivity contribution in [3.05, 3.63) is 60.1 Å². The van der Waals surface area contributed by atoms with Gasteiger partial charge in [0.1, 0.15) is 12.1 Å². The van der Waals surface area contributed by atoms with E-state index in [2.05, 4.69) is 37.4 Å². The largest absolute Gasteiger partial charge is 0.340 e. The minimum Gasteiger partial charge on any atom is -0.340 e. The van der Waals surface area contributed by atoms with E-state index < -0.39 is 0 Å². The van der Waals surface area contributed by atoms with Crippen molar-refractivity contribution in [2.24, 2.45) is 7.05 Å². The van der Waals surface area contributed by atoms with Crippen molar-refractivity contribution in [1.82, 2.24) is 19.5 Å². The Morgan fingerprint density at radius 2 is 1.97 bits per heavy atom. The minimum absolute atomic E-state index is 0.374. The first kappa shape index (κ1) is 20.7. The SMILES string of the molecule is CC#CC(=O)Nc1ccc2ncnc(Nc3ccc(Sc4nccn4C)c(Cl)c3)c2c1. The summed E-state index contributed by atoms with van der Waals surface area (Å²) in [5, 5.41) is 8.23. The predicted octanol–water partition coefficient (Wildman–Crippen LogP) is 4.87. The summed E-state index contributed by atoms with van der Waals surface area (Å²) in [5.41, 5.74) is 2.13.